The number of fused-ring (bicyclic) bond motifs is 1. The van der Waals surface area contributed by atoms with Crippen molar-refractivity contribution in [2.75, 3.05) is 0 Å². The fourth-order valence-electron chi connectivity index (χ4n) is 5.51. The number of benzene rings is 5. The van der Waals surface area contributed by atoms with E-state index in [0.29, 0.717) is 0 Å². The lowest BCUT2D eigenvalue weighted by atomic mass is 9.78. The van der Waals surface area contributed by atoms with Crippen molar-refractivity contribution in [2.45, 2.75) is 19.1 Å². The first kappa shape index (κ1) is 27.7. The van der Waals surface area contributed by atoms with Crippen LogP contribution in [-0.2, 0) is 32.3 Å². The van der Waals surface area contributed by atoms with Crippen LogP contribution in [0.1, 0.15) is 28.2 Å². The van der Waals surface area contributed by atoms with Gasteiger partial charge < -0.3 is 14.5 Å². The molecule has 5 aromatic carbocycles. The second kappa shape index (κ2) is 13.0. The minimum absolute atomic E-state index is 0.0447. The monoisotopic (exact) mass is 565 g/mol. The molecular formula is C38H31NO4. The van der Waals surface area contributed by atoms with Crippen LogP contribution in [0.5, 0.6) is 0 Å². The van der Waals surface area contributed by atoms with Gasteiger partial charge in [-0.15, -0.1) is 0 Å². The van der Waals surface area contributed by atoms with Crippen LogP contribution in [0.25, 0.3) is 22.2 Å². The highest BCUT2D eigenvalue weighted by Crippen LogP contribution is 2.43. The summed E-state index contributed by atoms with van der Waals surface area (Å²) in [6.07, 6.45) is 0. The standard InChI is InChI=1S/C38H31NO4/c40-37(42-25-27-15-5-1-6-16-27)35(38(41)43-26-28-17-7-2-8-18-28)33(29-19-9-3-10-20-29)34-31-23-13-14-24-32(31)39-36(34)30-21-11-4-12-22-30/h1-24,33,35,39H,25-26H2. The van der Waals surface area contributed by atoms with E-state index < -0.39 is 23.8 Å². The summed E-state index contributed by atoms with van der Waals surface area (Å²) < 4.78 is 11.7. The zero-order valence-electron chi connectivity index (χ0n) is 23.6. The largest absolute Gasteiger partial charge is 0.460 e. The minimum atomic E-state index is -1.27. The van der Waals surface area contributed by atoms with Gasteiger partial charge in [0.1, 0.15) is 13.2 Å². The van der Waals surface area contributed by atoms with Crippen LogP contribution in [-0.4, -0.2) is 16.9 Å². The predicted molar refractivity (Wildman–Crippen MR) is 168 cm³/mol. The van der Waals surface area contributed by atoms with Gasteiger partial charge in [0.05, 0.1) is 5.69 Å². The van der Waals surface area contributed by atoms with Crippen LogP contribution >= 0.6 is 0 Å². The Morgan fingerprint density at radius 2 is 1.02 bits per heavy atom. The lowest BCUT2D eigenvalue weighted by molar-refractivity contribution is -0.164. The first-order chi connectivity index (χ1) is 21.2. The fourth-order valence-corrected chi connectivity index (χ4v) is 5.51. The molecule has 1 unspecified atom stereocenters. The molecule has 212 valence electrons. The molecule has 0 aliphatic rings. The average molecular weight is 566 g/mol. The van der Waals surface area contributed by atoms with E-state index in [0.717, 1.165) is 44.4 Å². The van der Waals surface area contributed by atoms with Crippen molar-refractivity contribution in [3.8, 4) is 11.3 Å². The first-order valence-electron chi connectivity index (χ1n) is 14.3. The molecule has 1 heterocycles. The van der Waals surface area contributed by atoms with Crippen molar-refractivity contribution < 1.29 is 19.1 Å². The maximum Gasteiger partial charge on any atom is 0.321 e. The highest BCUT2D eigenvalue weighted by molar-refractivity contribution is 6.00. The van der Waals surface area contributed by atoms with Gasteiger partial charge in [-0.2, -0.15) is 0 Å². The van der Waals surface area contributed by atoms with E-state index in [2.05, 4.69) is 4.98 Å². The van der Waals surface area contributed by atoms with Gasteiger partial charge in [0.2, 0.25) is 0 Å². The Hall–Kier alpha value is -5.42. The number of aromatic amines is 1. The van der Waals surface area contributed by atoms with Gasteiger partial charge in [-0.3, -0.25) is 9.59 Å². The molecule has 1 N–H and O–H groups in total. The molecule has 0 fully saturated rings. The number of rotatable bonds is 10. The third-order valence-electron chi connectivity index (χ3n) is 7.57. The van der Waals surface area contributed by atoms with Crippen molar-refractivity contribution in [2.24, 2.45) is 5.92 Å². The lowest BCUT2D eigenvalue weighted by Gasteiger charge is -2.26. The molecule has 1 aromatic heterocycles. The van der Waals surface area contributed by atoms with Gasteiger partial charge in [-0.25, -0.2) is 0 Å². The molecule has 0 bridgehead atoms. The summed E-state index contributed by atoms with van der Waals surface area (Å²) in [5.74, 6) is -3.24. The van der Waals surface area contributed by atoms with Gasteiger partial charge >= 0.3 is 11.9 Å². The van der Waals surface area contributed by atoms with Gasteiger partial charge in [-0.05, 0) is 33.9 Å². The Morgan fingerprint density at radius 1 is 0.558 bits per heavy atom. The quantitative estimate of drug-likeness (QED) is 0.135. The molecule has 0 radical (unpaired) electrons. The van der Waals surface area contributed by atoms with E-state index in [1.165, 1.54) is 0 Å². The minimum Gasteiger partial charge on any atom is -0.460 e. The van der Waals surface area contributed by atoms with Crippen molar-refractivity contribution in [3.05, 3.63) is 168 Å². The Kier molecular flexibility index (Phi) is 8.41. The van der Waals surface area contributed by atoms with Crippen LogP contribution in [0.15, 0.2) is 146 Å². The molecule has 6 aromatic rings. The molecule has 1 atom stereocenters. The molecule has 0 aliphatic heterocycles. The maximum atomic E-state index is 14.1. The van der Waals surface area contributed by atoms with Crippen LogP contribution < -0.4 is 0 Å². The van der Waals surface area contributed by atoms with E-state index in [1.807, 2.05) is 146 Å². The summed E-state index contributed by atoms with van der Waals surface area (Å²) in [7, 11) is 0. The Labute approximate surface area is 250 Å². The summed E-state index contributed by atoms with van der Waals surface area (Å²) in [6, 6.07) is 46.5. The van der Waals surface area contributed by atoms with Crippen molar-refractivity contribution in [1.29, 1.82) is 0 Å². The summed E-state index contributed by atoms with van der Waals surface area (Å²) >= 11 is 0. The van der Waals surface area contributed by atoms with Crippen LogP contribution in [0.2, 0.25) is 0 Å². The molecule has 43 heavy (non-hydrogen) atoms. The van der Waals surface area contributed by atoms with E-state index >= 15 is 0 Å². The number of para-hydroxylation sites is 1. The molecule has 5 heteroatoms. The zero-order valence-corrected chi connectivity index (χ0v) is 23.6. The number of hydrogen-bond donors (Lipinski definition) is 1. The summed E-state index contributed by atoms with van der Waals surface area (Å²) in [5.41, 5.74) is 6.01. The number of esters is 2. The number of nitrogens with one attached hydrogen (secondary N) is 1. The third kappa shape index (κ3) is 6.26. The van der Waals surface area contributed by atoms with Gasteiger partial charge in [0.25, 0.3) is 0 Å². The van der Waals surface area contributed by atoms with Crippen LogP contribution in [0.3, 0.4) is 0 Å². The molecule has 0 spiro atoms. The Bertz CT molecular complexity index is 1740. The molecule has 0 saturated heterocycles. The van der Waals surface area contributed by atoms with E-state index in [-0.39, 0.29) is 13.2 Å². The number of carbonyl (C=O) groups excluding carboxylic acids is 2. The van der Waals surface area contributed by atoms with Crippen molar-refractivity contribution >= 4 is 22.8 Å². The highest BCUT2D eigenvalue weighted by Gasteiger charge is 2.42. The van der Waals surface area contributed by atoms with Gasteiger partial charge in [-0.1, -0.05) is 140 Å². The number of hydrogen-bond acceptors (Lipinski definition) is 4. The Morgan fingerprint density at radius 3 is 1.58 bits per heavy atom. The fraction of sp³-hybridized carbons (Fsp3) is 0.105. The molecule has 0 amide bonds. The van der Waals surface area contributed by atoms with E-state index in [1.54, 1.807) is 0 Å². The third-order valence-corrected chi connectivity index (χ3v) is 7.57. The predicted octanol–water partition coefficient (Wildman–Crippen LogP) is 8.07. The molecule has 6 rings (SSSR count). The normalized spacial score (nSPS) is 11.7. The summed E-state index contributed by atoms with van der Waals surface area (Å²) in [4.78, 5) is 31.8. The van der Waals surface area contributed by atoms with Gasteiger partial charge in [0, 0.05) is 16.8 Å². The van der Waals surface area contributed by atoms with Crippen LogP contribution in [0, 0.1) is 5.92 Å². The number of aromatic nitrogens is 1. The number of carbonyl (C=O) groups is 2. The molecule has 0 saturated carbocycles. The SMILES string of the molecule is O=C(OCc1ccccc1)C(C(=O)OCc1ccccc1)C(c1ccccc1)c1c(-c2ccccc2)[nH]c2ccccc12. The second-order valence-electron chi connectivity index (χ2n) is 10.4. The summed E-state index contributed by atoms with van der Waals surface area (Å²) in [6.45, 7) is 0.0894. The highest BCUT2D eigenvalue weighted by atomic mass is 16.6. The zero-order chi connectivity index (χ0) is 29.4. The maximum absolute atomic E-state index is 14.1. The van der Waals surface area contributed by atoms with Crippen LogP contribution in [0.4, 0.5) is 0 Å². The van der Waals surface area contributed by atoms with E-state index in [9.17, 15) is 9.59 Å². The molecule has 5 nitrogen and oxygen atoms in total. The lowest BCUT2D eigenvalue weighted by Crippen LogP contribution is -2.34. The first-order valence-corrected chi connectivity index (χ1v) is 14.3. The number of H-pyrrole nitrogens is 1. The number of ether oxygens (including phenoxy) is 2. The topological polar surface area (TPSA) is 68.4 Å². The summed E-state index contributed by atoms with van der Waals surface area (Å²) in [5, 5.41) is 0.923. The van der Waals surface area contributed by atoms with Crippen molar-refractivity contribution in [1.82, 2.24) is 4.98 Å². The Balaban J connectivity index is 1.49. The molecular weight excluding hydrogens is 534 g/mol. The van der Waals surface area contributed by atoms with Gasteiger partial charge in [0.15, 0.2) is 5.92 Å². The molecule has 0 aliphatic carbocycles. The average Bonchev–Trinajstić information content (AvgIpc) is 3.46. The smallest absolute Gasteiger partial charge is 0.321 e. The van der Waals surface area contributed by atoms with Crippen molar-refractivity contribution in [3.63, 3.8) is 0 Å². The van der Waals surface area contributed by atoms with E-state index in [4.69, 9.17) is 9.47 Å². The second-order valence-corrected chi connectivity index (χ2v) is 10.4.